The Hall–Kier alpha value is -3.20. The van der Waals surface area contributed by atoms with Gasteiger partial charge >= 0.3 is 5.97 Å². The van der Waals surface area contributed by atoms with Gasteiger partial charge in [0.2, 0.25) is 5.91 Å². The van der Waals surface area contributed by atoms with Crippen molar-refractivity contribution in [2.45, 2.75) is 32.0 Å². The molecule has 0 unspecified atom stereocenters. The predicted octanol–water partition coefficient (Wildman–Crippen LogP) is 3.46. The molecule has 2 aromatic carbocycles. The van der Waals surface area contributed by atoms with Gasteiger partial charge in [0.05, 0.1) is 29.0 Å². The van der Waals surface area contributed by atoms with E-state index in [1.54, 1.807) is 19.1 Å². The predicted molar refractivity (Wildman–Crippen MR) is 126 cm³/mol. The number of esters is 1. The van der Waals surface area contributed by atoms with Crippen LogP contribution in [0.1, 0.15) is 29.8 Å². The van der Waals surface area contributed by atoms with Gasteiger partial charge in [0, 0.05) is 13.1 Å². The minimum absolute atomic E-state index is 0.0561. The number of imidazole rings is 1. The molecule has 0 aliphatic carbocycles. The molecule has 33 heavy (non-hydrogen) atoms. The summed E-state index contributed by atoms with van der Waals surface area (Å²) in [7, 11) is 0. The molecule has 0 radical (unpaired) electrons. The third kappa shape index (κ3) is 5.42. The Kier molecular flexibility index (Phi) is 7.39. The molecular formula is C24H27N3O5S. The Morgan fingerprint density at radius 1 is 1.12 bits per heavy atom. The SMILES string of the molecule is CCOC(=O)c1ccc2c(c1)nc(SCC(=O)NCCc1ccc3c(c1)OCCO3)n2CC. The second-order valence-electron chi connectivity index (χ2n) is 7.43. The van der Waals surface area contributed by atoms with Gasteiger partial charge in [0.15, 0.2) is 16.7 Å². The van der Waals surface area contributed by atoms with E-state index in [4.69, 9.17) is 14.2 Å². The van der Waals surface area contributed by atoms with Crippen molar-refractivity contribution in [2.24, 2.45) is 0 Å². The van der Waals surface area contributed by atoms with Crippen LogP contribution in [0.4, 0.5) is 0 Å². The zero-order valence-corrected chi connectivity index (χ0v) is 19.6. The molecule has 0 fully saturated rings. The van der Waals surface area contributed by atoms with Gasteiger partial charge in [0.25, 0.3) is 0 Å². The molecule has 0 saturated heterocycles. The fraction of sp³-hybridized carbons (Fsp3) is 0.375. The lowest BCUT2D eigenvalue weighted by molar-refractivity contribution is -0.118. The summed E-state index contributed by atoms with van der Waals surface area (Å²) in [4.78, 5) is 29.0. The molecule has 1 aromatic heterocycles. The summed E-state index contributed by atoms with van der Waals surface area (Å²) < 4.78 is 18.3. The van der Waals surface area contributed by atoms with Crippen molar-refractivity contribution in [3.8, 4) is 11.5 Å². The molecule has 0 bridgehead atoms. The van der Waals surface area contributed by atoms with E-state index >= 15 is 0 Å². The topological polar surface area (TPSA) is 91.7 Å². The van der Waals surface area contributed by atoms with E-state index in [0.29, 0.717) is 50.4 Å². The number of benzene rings is 2. The van der Waals surface area contributed by atoms with E-state index < -0.39 is 0 Å². The lowest BCUT2D eigenvalue weighted by Gasteiger charge is -2.18. The molecule has 1 aliphatic heterocycles. The lowest BCUT2D eigenvalue weighted by atomic mass is 10.1. The van der Waals surface area contributed by atoms with Crippen LogP contribution in [0, 0.1) is 0 Å². The standard InChI is InChI=1S/C24H27N3O5S/c1-3-27-19-7-6-17(23(29)30-4-2)14-18(19)26-24(27)33-15-22(28)25-10-9-16-5-8-20-21(13-16)32-12-11-31-20/h5-8,13-14H,3-4,9-12,15H2,1-2H3,(H,25,28). The monoisotopic (exact) mass is 469 g/mol. The summed E-state index contributed by atoms with van der Waals surface area (Å²) in [6, 6.07) is 11.2. The molecule has 3 aromatic rings. The van der Waals surface area contributed by atoms with Crippen LogP contribution in [0.3, 0.4) is 0 Å². The van der Waals surface area contributed by atoms with Crippen LogP contribution >= 0.6 is 11.8 Å². The van der Waals surface area contributed by atoms with Crippen molar-refractivity contribution < 1.29 is 23.8 Å². The summed E-state index contributed by atoms with van der Waals surface area (Å²) in [5, 5.41) is 3.71. The Bertz CT molecular complexity index is 1160. The van der Waals surface area contributed by atoms with Gasteiger partial charge in [-0.15, -0.1) is 0 Å². The third-order valence-electron chi connectivity index (χ3n) is 5.22. The van der Waals surface area contributed by atoms with E-state index in [1.165, 1.54) is 11.8 Å². The van der Waals surface area contributed by atoms with Crippen LogP contribution in [0.5, 0.6) is 11.5 Å². The zero-order chi connectivity index (χ0) is 23.2. The molecular weight excluding hydrogens is 442 g/mol. The van der Waals surface area contributed by atoms with E-state index in [0.717, 1.165) is 27.7 Å². The van der Waals surface area contributed by atoms with Gasteiger partial charge in [-0.1, -0.05) is 17.8 Å². The van der Waals surface area contributed by atoms with Gasteiger partial charge in [-0.05, 0) is 56.2 Å². The maximum Gasteiger partial charge on any atom is 0.338 e. The number of rotatable bonds is 9. The van der Waals surface area contributed by atoms with Crippen LogP contribution in [-0.4, -0.2) is 53.5 Å². The molecule has 0 spiro atoms. The Morgan fingerprint density at radius 2 is 1.94 bits per heavy atom. The number of aryl methyl sites for hydroxylation is 1. The van der Waals surface area contributed by atoms with Crippen LogP contribution < -0.4 is 14.8 Å². The minimum atomic E-state index is -0.364. The highest BCUT2D eigenvalue weighted by molar-refractivity contribution is 7.99. The van der Waals surface area contributed by atoms with E-state index in [1.807, 2.05) is 35.8 Å². The van der Waals surface area contributed by atoms with Crippen LogP contribution in [-0.2, 0) is 22.5 Å². The number of hydrogen-bond donors (Lipinski definition) is 1. The summed E-state index contributed by atoms with van der Waals surface area (Å²) in [5.74, 6) is 1.36. The first kappa shape index (κ1) is 23.0. The summed E-state index contributed by atoms with van der Waals surface area (Å²) in [6.07, 6.45) is 0.706. The van der Waals surface area contributed by atoms with Crippen molar-refractivity contribution in [1.29, 1.82) is 0 Å². The van der Waals surface area contributed by atoms with Crippen LogP contribution in [0.2, 0.25) is 0 Å². The fourth-order valence-electron chi connectivity index (χ4n) is 3.64. The van der Waals surface area contributed by atoms with Gasteiger partial charge < -0.3 is 24.1 Å². The maximum atomic E-state index is 12.4. The minimum Gasteiger partial charge on any atom is -0.486 e. The highest BCUT2D eigenvalue weighted by Crippen LogP contribution is 2.30. The average Bonchev–Trinajstić information content (AvgIpc) is 3.19. The molecule has 2 heterocycles. The number of thioether (sulfide) groups is 1. The fourth-order valence-corrected chi connectivity index (χ4v) is 4.54. The number of amides is 1. The number of nitrogens with one attached hydrogen (secondary N) is 1. The second kappa shape index (κ2) is 10.6. The van der Waals surface area contributed by atoms with Gasteiger partial charge in [-0.3, -0.25) is 4.79 Å². The number of hydrogen-bond acceptors (Lipinski definition) is 7. The van der Waals surface area contributed by atoms with Crippen molar-refractivity contribution in [3.05, 3.63) is 47.5 Å². The van der Waals surface area contributed by atoms with Crippen molar-refractivity contribution in [1.82, 2.24) is 14.9 Å². The van der Waals surface area contributed by atoms with Crippen molar-refractivity contribution in [3.63, 3.8) is 0 Å². The summed E-state index contributed by atoms with van der Waals surface area (Å²) in [6.45, 7) is 6.49. The number of aromatic nitrogens is 2. The summed E-state index contributed by atoms with van der Waals surface area (Å²) >= 11 is 1.38. The first-order chi connectivity index (χ1) is 16.1. The first-order valence-corrected chi connectivity index (χ1v) is 12.0. The quantitative estimate of drug-likeness (QED) is 0.379. The molecule has 0 saturated carbocycles. The van der Waals surface area contributed by atoms with Crippen molar-refractivity contribution >= 4 is 34.7 Å². The molecule has 174 valence electrons. The number of carbonyl (C=O) groups is 2. The molecule has 1 aliphatic rings. The van der Waals surface area contributed by atoms with E-state index in [2.05, 4.69) is 10.3 Å². The van der Waals surface area contributed by atoms with Crippen LogP contribution in [0.15, 0.2) is 41.6 Å². The smallest absolute Gasteiger partial charge is 0.338 e. The lowest BCUT2D eigenvalue weighted by Crippen LogP contribution is -2.27. The Labute approximate surface area is 196 Å². The number of ether oxygens (including phenoxy) is 3. The van der Waals surface area contributed by atoms with Gasteiger partial charge in [0.1, 0.15) is 13.2 Å². The second-order valence-corrected chi connectivity index (χ2v) is 8.37. The highest BCUT2D eigenvalue weighted by atomic mass is 32.2. The molecule has 1 amide bonds. The number of carbonyl (C=O) groups excluding carboxylic acids is 2. The Morgan fingerprint density at radius 3 is 2.73 bits per heavy atom. The molecule has 0 atom stereocenters. The van der Waals surface area contributed by atoms with E-state index in [-0.39, 0.29) is 17.6 Å². The molecule has 9 heteroatoms. The van der Waals surface area contributed by atoms with E-state index in [9.17, 15) is 9.59 Å². The van der Waals surface area contributed by atoms with Gasteiger partial charge in [-0.2, -0.15) is 0 Å². The average molecular weight is 470 g/mol. The van der Waals surface area contributed by atoms with Gasteiger partial charge in [-0.25, -0.2) is 9.78 Å². The molecule has 8 nitrogen and oxygen atoms in total. The zero-order valence-electron chi connectivity index (χ0n) is 18.8. The molecule has 4 rings (SSSR count). The Balaban J connectivity index is 1.32. The first-order valence-electron chi connectivity index (χ1n) is 11.0. The normalized spacial score (nSPS) is 12.5. The van der Waals surface area contributed by atoms with Crippen LogP contribution in [0.25, 0.3) is 11.0 Å². The summed E-state index contributed by atoms with van der Waals surface area (Å²) in [5.41, 5.74) is 3.19. The van der Waals surface area contributed by atoms with Crippen molar-refractivity contribution in [2.75, 3.05) is 32.1 Å². The highest BCUT2D eigenvalue weighted by Gasteiger charge is 2.15. The number of nitrogens with zero attached hydrogens (tertiary/aromatic N) is 2. The third-order valence-corrected chi connectivity index (χ3v) is 6.19. The maximum absolute atomic E-state index is 12.4. The number of fused-ring (bicyclic) bond motifs is 2. The largest absolute Gasteiger partial charge is 0.486 e. The molecule has 1 N–H and O–H groups in total.